The van der Waals surface area contributed by atoms with E-state index in [0.717, 1.165) is 11.3 Å². The van der Waals surface area contributed by atoms with E-state index in [-0.39, 0.29) is 6.04 Å². The maximum Gasteiger partial charge on any atom is 0.171 e. The highest BCUT2D eigenvalue weighted by molar-refractivity contribution is 7.80. The lowest BCUT2D eigenvalue weighted by Gasteiger charge is -2.17. The Balaban J connectivity index is 1.95. The molecule has 0 aliphatic rings. The molecular formula is C16H16N4S. The summed E-state index contributed by atoms with van der Waals surface area (Å²) < 4.78 is 0. The van der Waals surface area contributed by atoms with Gasteiger partial charge in [0.25, 0.3) is 0 Å². The Bertz CT molecular complexity index is 656. The minimum atomic E-state index is 0.0477. The first kappa shape index (κ1) is 14.8. The molecule has 0 aliphatic carbocycles. The van der Waals surface area contributed by atoms with Gasteiger partial charge < -0.3 is 16.4 Å². The van der Waals surface area contributed by atoms with Gasteiger partial charge in [-0.2, -0.15) is 5.26 Å². The third-order valence-corrected chi connectivity index (χ3v) is 3.28. The quantitative estimate of drug-likeness (QED) is 0.599. The minimum Gasteiger partial charge on any atom is -0.399 e. The number of nitrogens with two attached hydrogens (primary N) is 1. The SMILES string of the molecule is CC(NC(=S)Nc1ccc(N)cc1)c1ccc(C#N)cc1. The van der Waals surface area contributed by atoms with Crippen LogP contribution >= 0.6 is 12.2 Å². The fourth-order valence-electron chi connectivity index (χ4n) is 1.86. The predicted molar refractivity (Wildman–Crippen MR) is 89.8 cm³/mol. The molecule has 2 rings (SSSR count). The Morgan fingerprint density at radius 3 is 2.33 bits per heavy atom. The summed E-state index contributed by atoms with van der Waals surface area (Å²) in [6.07, 6.45) is 0. The monoisotopic (exact) mass is 296 g/mol. The van der Waals surface area contributed by atoms with Crippen molar-refractivity contribution in [3.05, 3.63) is 59.7 Å². The van der Waals surface area contributed by atoms with Crippen LogP contribution < -0.4 is 16.4 Å². The molecule has 1 unspecified atom stereocenters. The summed E-state index contributed by atoms with van der Waals surface area (Å²) >= 11 is 5.29. The van der Waals surface area contributed by atoms with Gasteiger partial charge in [0.05, 0.1) is 17.7 Å². The Morgan fingerprint density at radius 2 is 1.76 bits per heavy atom. The number of nitrogen functional groups attached to an aromatic ring is 1. The summed E-state index contributed by atoms with van der Waals surface area (Å²) in [7, 11) is 0. The van der Waals surface area contributed by atoms with Crippen LogP contribution in [0.15, 0.2) is 48.5 Å². The highest BCUT2D eigenvalue weighted by Gasteiger charge is 2.07. The summed E-state index contributed by atoms with van der Waals surface area (Å²) in [6.45, 7) is 2.01. The lowest BCUT2D eigenvalue weighted by atomic mass is 10.1. The highest BCUT2D eigenvalue weighted by Crippen LogP contribution is 2.14. The van der Waals surface area contributed by atoms with Crippen molar-refractivity contribution < 1.29 is 0 Å². The molecule has 0 saturated heterocycles. The van der Waals surface area contributed by atoms with E-state index in [1.807, 2.05) is 43.3 Å². The van der Waals surface area contributed by atoms with Crippen molar-refractivity contribution in [3.8, 4) is 6.07 Å². The molecular weight excluding hydrogens is 280 g/mol. The summed E-state index contributed by atoms with van der Waals surface area (Å²) in [5, 5.41) is 15.6. The Morgan fingerprint density at radius 1 is 1.14 bits per heavy atom. The molecule has 4 N–H and O–H groups in total. The molecule has 106 valence electrons. The van der Waals surface area contributed by atoms with Crippen molar-refractivity contribution in [2.45, 2.75) is 13.0 Å². The molecule has 0 heterocycles. The second-order valence-corrected chi connectivity index (χ2v) is 5.08. The normalized spacial score (nSPS) is 11.2. The molecule has 1 atom stereocenters. The molecule has 21 heavy (non-hydrogen) atoms. The van der Waals surface area contributed by atoms with Crippen LogP contribution in [0.4, 0.5) is 11.4 Å². The van der Waals surface area contributed by atoms with E-state index < -0.39 is 0 Å². The van der Waals surface area contributed by atoms with Crippen LogP contribution in [0.25, 0.3) is 0 Å². The molecule has 0 aliphatic heterocycles. The zero-order valence-electron chi connectivity index (χ0n) is 11.6. The zero-order valence-corrected chi connectivity index (χ0v) is 12.4. The Labute approximate surface area is 129 Å². The molecule has 0 aromatic heterocycles. The molecule has 2 aromatic rings. The van der Waals surface area contributed by atoms with E-state index in [4.69, 9.17) is 23.2 Å². The fourth-order valence-corrected chi connectivity index (χ4v) is 2.15. The molecule has 0 spiro atoms. The number of nitrogens with zero attached hydrogens (tertiary/aromatic N) is 1. The van der Waals surface area contributed by atoms with Crippen LogP contribution in [-0.4, -0.2) is 5.11 Å². The summed E-state index contributed by atoms with van der Waals surface area (Å²) in [4.78, 5) is 0. The number of benzene rings is 2. The minimum absolute atomic E-state index is 0.0477. The van der Waals surface area contributed by atoms with Crippen molar-refractivity contribution in [1.82, 2.24) is 5.32 Å². The van der Waals surface area contributed by atoms with Crippen molar-refractivity contribution in [1.29, 1.82) is 5.26 Å². The van der Waals surface area contributed by atoms with Gasteiger partial charge in [0, 0.05) is 11.4 Å². The van der Waals surface area contributed by atoms with Crippen LogP contribution in [0, 0.1) is 11.3 Å². The number of anilines is 2. The van der Waals surface area contributed by atoms with Crippen LogP contribution in [-0.2, 0) is 0 Å². The molecule has 0 radical (unpaired) electrons. The van der Waals surface area contributed by atoms with E-state index in [0.29, 0.717) is 16.4 Å². The fraction of sp³-hybridized carbons (Fsp3) is 0.125. The van der Waals surface area contributed by atoms with Crippen LogP contribution in [0.1, 0.15) is 24.1 Å². The average Bonchev–Trinajstić information content (AvgIpc) is 2.49. The van der Waals surface area contributed by atoms with Gasteiger partial charge in [-0.3, -0.25) is 0 Å². The Kier molecular flexibility index (Phi) is 4.75. The number of nitrogens with one attached hydrogen (secondary N) is 2. The predicted octanol–water partition coefficient (Wildman–Crippen LogP) is 3.19. The standard InChI is InChI=1S/C16H16N4S/c1-11(13-4-2-12(10-17)3-5-13)19-16(21)20-15-8-6-14(18)7-9-15/h2-9,11H,18H2,1H3,(H2,19,20,21). The van der Waals surface area contributed by atoms with Crippen molar-refractivity contribution in [3.63, 3.8) is 0 Å². The molecule has 0 saturated carbocycles. The molecule has 0 bridgehead atoms. The smallest absolute Gasteiger partial charge is 0.171 e. The topological polar surface area (TPSA) is 73.9 Å². The highest BCUT2D eigenvalue weighted by atomic mass is 32.1. The second kappa shape index (κ2) is 6.73. The van der Waals surface area contributed by atoms with Gasteiger partial charge in [0.15, 0.2) is 5.11 Å². The van der Waals surface area contributed by atoms with Crippen molar-refractivity contribution >= 4 is 28.7 Å². The van der Waals surface area contributed by atoms with Crippen molar-refractivity contribution in [2.24, 2.45) is 0 Å². The molecule has 0 fully saturated rings. The van der Waals surface area contributed by atoms with E-state index >= 15 is 0 Å². The summed E-state index contributed by atoms with van der Waals surface area (Å²) in [5.74, 6) is 0. The lowest BCUT2D eigenvalue weighted by molar-refractivity contribution is 0.722. The third-order valence-electron chi connectivity index (χ3n) is 3.06. The number of nitriles is 1. The zero-order chi connectivity index (χ0) is 15.2. The van der Waals surface area contributed by atoms with Gasteiger partial charge in [0.2, 0.25) is 0 Å². The summed E-state index contributed by atoms with van der Waals surface area (Å²) in [5.41, 5.74) is 8.95. The largest absolute Gasteiger partial charge is 0.399 e. The van der Waals surface area contributed by atoms with E-state index in [1.54, 1.807) is 12.1 Å². The van der Waals surface area contributed by atoms with Crippen LogP contribution in [0.3, 0.4) is 0 Å². The lowest BCUT2D eigenvalue weighted by Crippen LogP contribution is -2.30. The van der Waals surface area contributed by atoms with Gasteiger partial charge in [-0.25, -0.2) is 0 Å². The maximum absolute atomic E-state index is 8.79. The van der Waals surface area contributed by atoms with Crippen LogP contribution in [0.2, 0.25) is 0 Å². The first-order valence-corrected chi connectivity index (χ1v) is 6.92. The first-order valence-electron chi connectivity index (χ1n) is 6.51. The number of thiocarbonyl (C=S) groups is 1. The first-order chi connectivity index (χ1) is 10.1. The van der Waals surface area contributed by atoms with Crippen LogP contribution in [0.5, 0.6) is 0 Å². The molecule has 4 nitrogen and oxygen atoms in total. The van der Waals surface area contributed by atoms with Gasteiger partial charge >= 0.3 is 0 Å². The third kappa shape index (κ3) is 4.20. The Hall–Kier alpha value is -2.58. The number of rotatable bonds is 3. The van der Waals surface area contributed by atoms with E-state index in [9.17, 15) is 0 Å². The van der Waals surface area contributed by atoms with Crippen molar-refractivity contribution in [2.75, 3.05) is 11.1 Å². The summed E-state index contributed by atoms with van der Waals surface area (Å²) in [6, 6.07) is 16.9. The van der Waals surface area contributed by atoms with Gasteiger partial charge in [-0.05, 0) is 61.1 Å². The molecule has 0 amide bonds. The number of hydrogen-bond acceptors (Lipinski definition) is 3. The van der Waals surface area contributed by atoms with Gasteiger partial charge in [0.1, 0.15) is 0 Å². The second-order valence-electron chi connectivity index (χ2n) is 4.68. The van der Waals surface area contributed by atoms with Gasteiger partial charge in [-0.1, -0.05) is 12.1 Å². The molecule has 2 aromatic carbocycles. The number of hydrogen-bond donors (Lipinski definition) is 3. The van der Waals surface area contributed by atoms with E-state index in [1.165, 1.54) is 0 Å². The van der Waals surface area contributed by atoms with E-state index in [2.05, 4.69) is 16.7 Å². The average molecular weight is 296 g/mol. The van der Waals surface area contributed by atoms with Gasteiger partial charge in [-0.15, -0.1) is 0 Å². The molecule has 5 heteroatoms. The maximum atomic E-state index is 8.79.